The molecule has 2 aromatic rings. The summed E-state index contributed by atoms with van der Waals surface area (Å²) < 4.78 is 5.87. The molecule has 3 heterocycles. The van der Waals surface area contributed by atoms with Crippen LogP contribution in [0.5, 0.6) is 0 Å². The third kappa shape index (κ3) is 3.76. The first-order valence-corrected chi connectivity index (χ1v) is 10.2. The molecule has 2 aliphatic heterocycles. The number of benzene rings is 1. The summed E-state index contributed by atoms with van der Waals surface area (Å²) >= 11 is 1.64. The van der Waals surface area contributed by atoms with Gasteiger partial charge in [0.15, 0.2) is 0 Å². The van der Waals surface area contributed by atoms with Gasteiger partial charge in [-0.3, -0.25) is 4.90 Å². The predicted molar refractivity (Wildman–Crippen MR) is 102 cm³/mol. The van der Waals surface area contributed by atoms with E-state index in [1.54, 1.807) is 11.3 Å². The predicted octanol–water partition coefficient (Wildman–Crippen LogP) is 3.73. The number of thiazole rings is 1. The summed E-state index contributed by atoms with van der Waals surface area (Å²) in [7, 11) is 0. The molecule has 5 nitrogen and oxygen atoms in total. The lowest BCUT2D eigenvalue weighted by atomic mass is 9.91. The number of carbonyl (C=O) groups is 1. The number of nitrogens with zero attached hydrogens (tertiary/aromatic N) is 3. The molecule has 6 heteroatoms. The molecular formula is C20H25N3O2S. The van der Waals surface area contributed by atoms with Gasteiger partial charge in [-0.15, -0.1) is 11.3 Å². The molecule has 138 valence electrons. The van der Waals surface area contributed by atoms with Gasteiger partial charge < -0.3 is 9.64 Å². The second kappa shape index (κ2) is 7.37. The van der Waals surface area contributed by atoms with Gasteiger partial charge in [-0.2, -0.15) is 0 Å². The third-order valence-electron chi connectivity index (χ3n) is 5.54. The molecular weight excluding hydrogens is 346 g/mol. The Morgan fingerprint density at radius 1 is 1.27 bits per heavy atom. The van der Waals surface area contributed by atoms with Gasteiger partial charge in [-0.1, -0.05) is 37.3 Å². The summed E-state index contributed by atoms with van der Waals surface area (Å²) in [6.45, 7) is 6.40. The molecule has 1 amide bonds. The molecule has 2 saturated heterocycles. The van der Waals surface area contributed by atoms with Crippen molar-refractivity contribution in [3.63, 3.8) is 0 Å². The quantitative estimate of drug-likeness (QED) is 0.803. The van der Waals surface area contributed by atoms with E-state index in [0.717, 1.165) is 38.2 Å². The minimum absolute atomic E-state index is 0.152. The molecule has 2 aliphatic rings. The van der Waals surface area contributed by atoms with Crippen molar-refractivity contribution in [2.45, 2.75) is 37.8 Å². The zero-order valence-corrected chi connectivity index (χ0v) is 16.0. The van der Waals surface area contributed by atoms with E-state index in [1.165, 1.54) is 5.56 Å². The van der Waals surface area contributed by atoms with Crippen molar-refractivity contribution >= 4 is 17.4 Å². The number of piperidine rings is 1. The van der Waals surface area contributed by atoms with E-state index in [0.29, 0.717) is 19.0 Å². The zero-order valence-electron chi connectivity index (χ0n) is 15.1. The van der Waals surface area contributed by atoms with Crippen LogP contribution in [0.1, 0.15) is 36.9 Å². The minimum atomic E-state index is -0.300. The smallest absolute Gasteiger partial charge is 0.410 e. The molecule has 0 radical (unpaired) electrons. The number of hydrogen-bond donors (Lipinski definition) is 0. The highest BCUT2D eigenvalue weighted by atomic mass is 32.1. The molecule has 4 rings (SSSR count). The van der Waals surface area contributed by atoms with Crippen LogP contribution < -0.4 is 0 Å². The number of aromatic nitrogens is 1. The Kier molecular flexibility index (Phi) is 4.96. The van der Waals surface area contributed by atoms with Crippen molar-refractivity contribution in [1.82, 2.24) is 14.8 Å². The Morgan fingerprint density at radius 3 is 2.73 bits per heavy atom. The van der Waals surface area contributed by atoms with Crippen molar-refractivity contribution in [3.8, 4) is 0 Å². The largest absolute Gasteiger partial charge is 0.441 e. The Bertz CT molecular complexity index is 727. The van der Waals surface area contributed by atoms with Crippen LogP contribution in [0.2, 0.25) is 0 Å². The van der Waals surface area contributed by atoms with Gasteiger partial charge >= 0.3 is 6.09 Å². The average Bonchev–Trinajstić information content (AvgIpc) is 3.26. The van der Waals surface area contributed by atoms with Gasteiger partial charge in [-0.05, 0) is 11.5 Å². The summed E-state index contributed by atoms with van der Waals surface area (Å²) in [6, 6.07) is 10.4. The van der Waals surface area contributed by atoms with Crippen molar-refractivity contribution in [3.05, 3.63) is 52.5 Å². The van der Waals surface area contributed by atoms with Crippen LogP contribution in [0.15, 0.2) is 41.2 Å². The number of likely N-dealkylation sites (tertiary alicyclic amines) is 1. The Balaban J connectivity index is 1.33. The standard InChI is InChI=1S/C20H25N3O2S/c1-16(17-5-3-2-4-6-17)11-23-14-20(25-19(23)24)7-9-22(10-8-20)12-18-13-26-15-21-18/h2-6,13,15-16H,7-12,14H2,1H3/t16-/m0/s1. The zero-order chi connectivity index (χ0) is 18.0. The molecule has 0 aliphatic carbocycles. The molecule has 1 atom stereocenters. The molecule has 0 saturated carbocycles. The molecule has 26 heavy (non-hydrogen) atoms. The summed E-state index contributed by atoms with van der Waals surface area (Å²) in [5.74, 6) is 0.309. The first-order valence-electron chi connectivity index (χ1n) is 9.26. The third-order valence-corrected chi connectivity index (χ3v) is 6.18. The van der Waals surface area contributed by atoms with Gasteiger partial charge in [0.2, 0.25) is 0 Å². The summed E-state index contributed by atoms with van der Waals surface area (Å²) in [5, 5.41) is 2.10. The molecule has 0 N–H and O–H groups in total. The van der Waals surface area contributed by atoms with Gasteiger partial charge in [0.05, 0.1) is 17.7 Å². The number of ether oxygens (including phenoxy) is 1. The van der Waals surface area contributed by atoms with Gasteiger partial charge in [0.25, 0.3) is 0 Å². The van der Waals surface area contributed by atoms with Crippen molar-refractivity contribution in [2.24, 2.45) is 0 Å². The van der Waals surface area contributed by atoms with Crippen LogP contribution in [0, 0.1) is 0 Å². The van der Waals surface area contributed by atoms with Crippen LogP contribution >= 0.6 is 11.3 Å². The lowest BCUT2D eigenvalue weighted by molar-refractivity contribution is -0.00147. The monoisotopic (exact) mass is 371 g/mol. The fraction of sp³-hybridized carbons (Fsp3) is 0.500. The highest BCUT2D eigenvalue weighted by molar-refractivity contribution is 7.07. The second-order valence-corrected chi connectivity index (χ2v) is 8.22. The van der Waals surface area contributed by atoms with Crippen LogP contribution in [-0.4, -0.2) is 52.7 Å². The van der Waals surface area contributed by atoms with E-state index in [9.17, 15) is 4.79 Å². The first-order chi connectivity index (χ1) is 12.6. The number of rotatable bonds is 5. The molecule has 0 unspecified atom stereocenters. The molecule has 1 spiro atoms. The average molecular weight is 372 g/mol. The van der Waals surface area contributed by atoms with Crippen LogP contribution in [0.25, 0.3) is 0 Å². The topological polar surface area (TPSA) is 45.7 Å². The van der Waals surface area contributed by atoms with E-state index < -0.39 is 0 Å². The summed E-state index contributed by atoms with van der Waals surface area (Å²) in [4.78, 5) is 21.1. The van der Waals surface area contributed by atoms with Gasteiger partial charge in [-0.25, -0.2) is 9.78 Å². The SMILES string of the molecule is C[C@@H](CN1CC2(CCN(Cc3cscn3)CC2)OC1=O)c1ccccc1. The lowest BCUT2D eigenvalue weighted by Crippen LogP contribution is -2.46. The number of amides is 1. The van der Waals surface area contributed by atoms with Crippen molar-refractivity contribution in [1.29, 1.82) is 0 Å². The highest BCUT2D eigenvalue weighted by Gasteiger charge is 2.47. The van der Waals surface area contributed by atoms with Crippen LogP contribution in [0.4, 0.5) is 4.79 Å². The molecule has 2 fully saturated rings. The Hall–Kier alpha value is -1.92. The van der Waals surface area contributed by atoms with E-state index in [-0.39, 0.29) is 11.7 Å². The Labute approximate surface area is 158 Å². The highest BCUT2D eigenvalue weighted by Crippen LogP contribution is 2.34. The lowest BCUT2D eigenvalue weighted by Gasteiger charge is -2.37. The van der Waals surface area contributed by atoms with Crippen molar-refractivity contribution in [2.75, 3.05) is 26.2 Å². The van der Waals surface area contributed by atoms with Gasteiger partial charge in [0, 0.05) is 44.4 Å². The maximum atomic E-state index is 12.4. The van der Waals surface area contributed by atoms with E-state index in [1.807, 2.05) is 28.6 Å². The van der Waals surface area contributed by atoms with E-state index in [2.05, 4.69) is 34.3 Å². The normalized spacial score (nSPS) is 21.1. The molecule has 0 bridgehead atoms. The fourth-order valence-corrected chi connectivity index (χ4v) is 4.52. The van der Waals surface area contributed by atoms with Crippen LogP contribution in [-0.2, 0) is 11.3 Å². The number of hydrogen-bond acceptors (Lipinski definition) is 5. The molecule has 1 aromatic carbocycles. The number of carbonyl (C=O) groups excluding carboxylic acids is 1. The maximum absolute atomic E-state index is 12.4. The summed E-state index contributed by atoms with van der Waals surface area (Å²) in [6.07, 6.45) is 1.65. The van der Waals surface area contributed by atoms with E-state index >= 15 is 0 Å². The molecule has 1 aromatic heterocycles. The van der Waals surface area contributed by atoms with E-state index in [4.69, 9.17) is 4.74 Å². The summed E-state index contributed by atoms with van der Waals surface area (Å²) in [5.41, 5.74) is 3.98. The Morgan fingerprint density at radius 2 is 2.04 bits per heavy atom. The van der Waals surface area contributed by atoms with Gasteiger partial charge in [0.1, 0.15) is 5.60 Å². The first kappa shape index (κ1) is 17.5. The maximum Gasteiger partial charge on any atom is 0.410 e. The second-order valence-electron chi connectivity index (χ2n) is 7.50. The van der Waals surface area contributed by atoms with Crippen LogP contribution in [0.3, 0.4) is 0 Å². The fourth-order valence-electron chi connectivity index (χ4n) is 3.97. The van der Waals surface area contributed by atoms with Crippen molar-refractivity contribution < 1.29 is 9.53 Å². The minimum Gasteiger partial charge on any atom is -0.441 e.